The van der Waals surface area contributed by atoms with Crippen LogP contribution in [-0.2, 0) is 13.5 Å². The second-order valence-electron chi connectivity index (χ2n) is 3.06. The van der Waals surface area contributed by atoms with Crippen molar-refractivity contribution in [1.82, 2.24) is 20.2 Å². The third kappa shape index (κ3) is 1.97. The van der Waals surface area contributed by atoms with Gasteiger partial charge in [0, 0.05) is 12.5 Å². The van der Waals surface area contributed by atoms with Gasteiger partial charge in [0.2, 0.25) is 0 Å². The van der Waals surface area contributed by atoms with Crippen LogP contribution in [0.25, 0.3) is 0 Å². The number of aryl methyl sites for hydroxylation is 1. The molecule has 0 radical (unpaired) electrons. The van der Waals surface area contributed by atoms with E-state index in [2.05, 4.69) is 15.4 Å². The molecule has 0 amide bonds. The number of rotatable bonds is 3. The van der Waals surface area contributed by atoms with Crippen molar-refractivity contribution in [3.63, 3.8) is 0 Å². The van der Waals surface area contributed by atoms with Crippen LogP contribution in [0.5, 0.6) is 0 Å². The molecule has 2 aromatic heterocycles. The summed E-state index contributed by atoms with van der Waals surface area (Å²) < 4.78 is 0. The summed E-state index contributed by atoms with van der Waals surface area (Å²) in [7, 11) is 1.74. The third-order valence-electron chi connectivity index (χ3n) is 1.92. The van der Waals surface area contributed by atoms with E-state index in [1.54, 1.807) is 18.4 Å². The average Bonchev–Trinajstić information content (AvgIpc) is 2.75. The lowest BCUT2D eigenvalue weighted by molar-refractivity contribution is 0.623. The van der Waals surface area contributed by atoms with Gasteiger partial charge in [0.15, 0.2) is 5.82 Å². The van der Waals surface area contributed by atoms with Crippen molar-refractivity contribution in [2.45, 2.75) is 12.5 Å². The first-order valence-electron chi connectivity index (χ1n) is 4.26. The predicted octanol–water partition coefficient (Wildman–Crippen LogP) is 0.514. The number of hydrogen-bond acceptors (Lipinski definition) is 5. The third-order valence-corrected chi connectivity index (χ3v) is 2.63. The van der Waals surface area contributed by atoms with Crippen LogP contribution < -0.4 is 5.73 Å². The zero-order chi connectivity index (χ0) is 9.97. The highest BCUT2D eigenvalue weighted by molar-refractivity contribution is 7.07. The molecule has 14 heavy (non-hydrogen) atoms. The van der Waals surface area contributed by atoms with Gasteiger partial charge in [-0.1, -0.05) is 0 Å². The smallest absolute Gasteiger partial charge is 0.176 e. The number of aromatic nitrogens is 4. The Bertz CT molecular complexity index is 394. The molecule has 0 fully saturated rings. The summed E-state index contributed by atoms with van der Waals surface area (Å²) in [5, 5.41) is 15.8. The van der Waals surface area contributed by atoms with Gasteiger partial charge in [0.1, 0.15) is 0 Å². The molecule has 2 rings (SSSR count). The molecule has 0 bridgehead atoms. The summed E-state index contributed by atoms with van der Waals surface area (Å²) in [6.07, 6.45) is 0.630. The molecular weight excluding hydrogens is 198 g/mol. The molecule has 0 aliphatic heterocycles. The van der Waals surface area contributed by atoms with Gasteiger partial charge >= 0.3 is 0 Å². The van der Waals surface area contributed by atoms with Crippen LogP contribution in [0, 0.1) is 0 Å². The maximum Gasteiger partial charge on any atom is 0.176 e. The molecule has 1 unspecified atom stereocenters. The molecule has 6 heteroatoms. The molecule has 0 saturated heterocycles. The molecule has 0 aromatic carbocycles. The molecule has 5 nitrogen and oxygen atoms in total. The second kappa shape index (κ2) is 3.85. The highest BCUT2D eigenvalue weighted by atomic mass is 32.1. The molecule has 0 spiro atoms. The van der Waals surface area contributed by atoms with Crippen molar-refractivity contribution in [2.24, 2.45) is 12.8 Å². The second-order valence-corrected chi connectivity index (χ2v) is 3.84. The maximum absolute atomic E-state index is 5.97. The van der Waals surface area contributed by atoms with E-state index in [0.717, 1.165) is 5.56 Å². The van der Waals surface area contributed by atoms with Gasteiger partial charge in [-0.25, -0.2) is 0 Å². The summed E-state index contributed by atoms with van der Waals surface area (Å²) >= 11 is 1.64. The van der Waals surface area contributed by atoms with Crippen LogP contribution in [-0.4, -0.2) is 20.2 Å². The lowest BCUT2D eigenvalue weighted by atomic mass is 10.1. The van der Waals surface area contributed by atoms with Gasteiger partial charge in [-0.05, 0) is 27.6 Å². The topological polar surface area (TPSA) is 69.6 Å². The van der Waals surface area contributed by atoms with Gasteiger partial charge in [0.05, 0.1) is 7.05 Å². The fraction of sp³-hybridized carbons (Fsp3) is 0.375. The van der Waals surface area contributed by atoms with Crippen molar-refractivity contribution in [3.8, 4) is 0 Å². The van der Waals surface area contributed by atoms with E-state index in [-0.39, 0.29) is 6.04 Å². The summed E-state index contributed by atoms with van der Waals surface area (Å²) in [5.41, 5.74) is 7.10. The monoisotopic (exact) mass is 209 g/mol. The summed E-state index contributed by atoms with van der Waals surface area (Å²) in [6.45, 7) is 0. The van der Waals surface area contributed by atoms with E-state index in [1.165, 1.54) is 4.80 Å². The molecule has 0 saturated carbocycles. The minimum absolute atomic E-state index is 0.0366. The van der Waals surface area contributed by atoms with Gasteiger partial charge < -0.3 is 5.73 Å². The van der Waals surface area contributed by atoms with E-state index in [9.17, 15) is 0 Å². The number of thiophene rings is 1. The number of nitrogens with zero attached hydrogens (tertiary/aromatic N) is 4. The molecule has 74 valence electrons. The normalized spacial score (nSPS) is 13.0. The molecule has 0 aliphatic rings. The Morgan fingerprint density at radius 2 is 2.50 bits per heavy atom. The zero-order valence-corrected chi connectivity index (χ0v) is 8.61. The molecule has 2 heterocycles. The van der Waals surface area contributed by atoms with Crippen molar-refractivity contribution in [1.29, 1.82) is 0 Å². The van der Waals surface area contributed by atoms with Crippen LogP contribution in [0.3, 0.4) is 0 Å². The first kappa shape index (κ1) is 9.29. The number of hydrogen-bond donors (Lipinski definition) is 1. The number of nitrogens with two attached hydrogens (primary N) is 1. The molecule has 1 atom stereocenters. The van der Waals surface area contributed by atoms with Crippen LogP contribution in [0.2, 0.25) is 0 Å². The van der Waals surface area contributed by atoms with Gasteiger partial charge in [-0.3, -0.25) is 0 Å². The summed E-state index contributed by atoms with van der Waals surface area (Å²) in [6, 6.07) is 1.98. The Morgan fingerprint density at radius 1 is 1.64 bits per heavy atom. The molecule has 2 N–H and O–H groups in total. The SMILES string of the molecule is Cn1nnc(CC(N)c2ccsc2)n1. The molecule has 0 aliphatic carbocycles. The highest BCUT2D eigenvalue weighted by Gasteiger charge is 2.10. The van der Waals surface area contributed by atoms with Crippen LogP contribution >= 0.6 is 11.3 Å². The lowest BCUT2D eigenvalue weighted by Crippen LogP contribution is -2.13. The predicted molar refractivity (Wildman–Crippen MR) is 53.7 cm³/mol. The first-order valence-corrected chi connectivity index (χ1v) is 5.20. The van der Waals surface area contributed by atoms with Gasteiger partial charge in [0.25, 0.3) is 0 Å². The summed E-state index contributed by atoms with van der Waals surface area (Å²) in [5.74, 6) is 0.686. The average molecular weight is 209 g/mol. The van der Waals surface area contributed by atoms with Crippen LogP contribution in [0.4, 0.5) is 0 Å². The van der Waals surface area contributed by atoms with Crippen molar-refractivity contribution >= 4 is 11.3 Å². The standard InChI is InChI=1S/C8H11N5S/c1-13-11-8(10-12-13)4-7(9)6-2-3-14-5-6/h2-3,5,7H,4,9H2,1H3. The minimum atomic E-state index is -0.0366. The first-order chi connectivity index (χ1) is 6.75. The van der Waals surface area contributed by atoms with Crippen molar-refractivity contribution in [2.75, 3.05) is 0 Å². The quantitative estimate of drug-likeness (QED) is 0.799. The summed E-state index contributed by atoms with van der Waals surface area (Å²) in [4.78, 5) is 1.44. The fourth-order valence-electron chi connectivity index (χ4n) is 1.21. The number of tetrazole rings is 1. The van der Waals surface area contributed by atoms with E-state index in [1.807, 2.05) is 16.8 Å². The Balaban J connectivity index is 2.05. The van der Waals surface area contributed by atoms with Gasteiger partial charge in [-0.2, -0.15) is 16.1 Å². The lowest BCUT2D eigenvalue weighted by Gasteiger charge is -2.05. The van der Waals surface area contributed by atoms with Crippen LogP contribution in [0.15, 0.2) is 16.8 Å². The minimum Gasteiger partial charge on any atom is -0.324 e. The van der Waals surface area contributed by atoms with E-state index in [4.69, 9.17) is 5.73 Å². The Morgan fingerprint density at radius 3 is 3.07 bits per heavy atom. The van der Waals surface area contributed by atoms with Crippen molar-refractivity contribution in [3.05, 3.63) is 28.2 Å². The van der Waals surface area contributed by atoms with Crippen LogP contribution in [0.1, 0.15) is 17.4 Å². The van der Waals surface area contributed by atoms with E-state index < -0.39 is 0 Å². The maximum atomic E-state index is 5.97. The highest BCUT2D eigenvalue weighted by Crippen LogP contribution is 2.16. The molecular formula is C8H11N5S. The largest absolute Gasteiger partial charge is 0.324 e. The van der Waals surface area contributed by atoms with Crippen molar-refractivity contribution < 1.29 is 0 Å². The van der Waals surface area contributed by atoms with E-state index in [0.29, 0.717) is 12.2 Å². The molecule has 2 aromatic rings. The zero-order valence-electron chi connectivity index (χ0n) is 7.79. The van der Waals surface area contributed by atoms with E-state index >= 15 is 0 Å². The Hall–Kier alpha value is -1.27. The Labute approximate surface area is 85.5 Å². The van der Waals surface area contributed by atoms with Gasteiger partial charge in [-0.15, -0.1) is 10.2 Å². The Kier molecular flexibility index (Phi) is 2.55. The fourth-order valence-corrected chi connectivity index (χ4v) is 1.93.